The van der Waals surface area contributed by atoms with Crippen LogP contribution in [-0.4, -0.2) is 12.6 Å². The molecule has 0 N–H and O–H groups in total. The standard InChI is InChI=1S/C49H48N2.C8H10.C2H4/c1-8-16-40(17-9-2)37(4)30-44(31-38(5)41-20-14-11-15-21-41)42-22-24-43(25-23-42)45-32-46(48(50-7)51-35-39-18-12-10-13-19-39)34-47(33-45)49(6)28-26-36(3)27-29-49;1-2-8-6-4-3-5-7-8;1-2/h8-28,30-34H,1,5,7,29,35H2,2-4,6H3;3-7H,2H2,1H3;1-2H2/b17-9-,37-30+,40-16+,44-31+,51-48?;;. The van der Waals surface area contributed by atoms with Gasteiger partial charge in [-0.15, -0.1) is 13.2 Å². The van der Waals surface area contributed by atoms with E-state index in [-0.39, 0.29) is 5.41 Å². The fraction of sp³-hybridized carbons (Fsp3) is 0.153. The maximum Gasteiger partial charge on any atom is 0.154 e. The first kappa shape index (κ1) is 46.8. The molecular formula is C59H62N2. The number of hydrogen-bond donors (Lipinski definition) is 0. The highest BCUT2D eigenvalue weighted by molar-refractivity contribution is 6.02. The molecule has 2 heteroatoms. The van der Waals surface area contributed by atoms with Gasteiger partial charge in [-0.1, -0.05) is 203 Å². The molecule has 0 spiro atoms. The van der Waals surface area contributed by atoms with E-state index in [0.29, 0.717) is 12.4 Å². The fourth-order valence-electron chi connectivity index (χ4n) is 6.92. The Balaban J connectivity index is 0.000000725. The molecule has 5 aromatic rings. The summed E-state index contributed by atoms with van der Waals surface area (Å²) in [5.41, 5.74) is 14.6. The fourth-order valence-corrected chi connectivity index (χ4v) is 6.92. The summed E-state index contributed by atoms with van der Waals surface area (Å²) in [6, 6.07) is 46.6. The number of amidine groups is 1. The Kier molecular flexibility index (Phi) is 18.6. The van der Waals surface area contributed by atoms with E-state index in [1.807, 2.05) is 61.5 Å². The first-order valence-corrected chi connectivity index (χ1v) is 21.0. The molecule has 1 unspecified atom stereocenters. The van der Waals surface area contributed by atoms with Crippen molar-refractivity contribution >= 4 is 23.7 Å². The Morgan fingerprint density at radius 2 is 1.38 bits per heavy atom. The van der Waals surface area contributed by atoms with Crippen LogP contribution in [-0.2, 0) is 18.4 Å². The van der Waals surface area contributed by atoms with Gasteiger partial charge in [0.15, 0.2) is 5.84 Å². The topological polar surface area (TPSA) is 24.7 Å². The second-order valence-electron chi connectivity index (χ2n) is 15.1. The van der Waals surface area contributed by atoms with Crippen molar-refractivity contribution in [3.8, 4) is 11.1 Å². The molecule has 0 saturated heterocycles. The van der Waals surface area contributed by atoms with Crippen LogP contribution in [0.2, 0.25) is 0 Å². The average molecular weight is 799 g/mol. The molecule has 308 valence electrons. The van der Waals surface area contributed by atoms with Crippen LogP contribution in [0.1, 0.15) is 74.4 Å². The van der Waals surface area contributed by atoms with Gasteiger partial charge in [-0.2, -0.15) is 0 Å². The highest BCUT2D eigenvalue weighted by Crippen LogP contribution is 2.37. The van der Waals surface area contributed by atoms with Gasteiger partial charge < -0.3 is 0 Å². The van der Waals surface area contributed by atoms with Crippen molar-refractivity contribution in [2.75, 3.05) is 0 Å². The summed E-state index contributed by atoms with van der Waals surface area (Å²) in [6.45, 7) is 29.6. The summed E-state index contributed by atoms with van der Waals surface area (Å²) in [6.07, 6.45) is 21.4. The van der Waals surface area contributed by atoms with Crippen molar-refractivity contribution in [1.82, 2.24) is 0 Å². The zero-order chi connectivity index (χ0) is 44.0. The molecule has 0 radical (unpaired) electrons. The summed E-state index contributed by atoms with van der Waals surface area (Å²) in [5, 5.41) is 0. The molecule has 0 aliphatic heterocycles. The van der Waals surface area contributed by atoms with Crippen LogP contribution in [0.25, 0.3) is 22.3 Å². The van der Waals surface area contributed by atoms with Crippen LogP contribution < -0.4 is 0 Å². The second kappa shape index (κ2) is 24.2. The summed E-state index contributed by atoms with van der Waals surface area (Å²) in [5.74, 6) is 0.642. The predicted octanol–water partition coefficient (Wildman–Crippen LogP) is 15.9. The lowest BCUT2D eigenvalue weighted by atomic mass is 9.75. The molecule has 0 heterocycles. The lowest BCUT2D eigenvalue weighted by Gasteiger charge is -2.29. The van der Waals surface area contributed by atoms with Crippen LogP contribution in [0.3, 0.4) is 0 Å². The molecule has 0 bridgehead atoms. The zero-order valence-corrected chi connectivity index (χ0v) is 36.9. The minimum Gasteiger partial charge on any atom is -0.261 e. The quantitative estimate of drug-likeness (QED) is 0.0491. The average Bonchev–Trinajstić information content (AvgIpc) is 3.31. The molecule has 1 aliphatic rings. The molecule has 1 atom stereocenters. The molecule has 1 aliphatic carbocycles. The Hall–Kier alpha value is -6.90. The smallest absolute Gasteiger partial charge is 0.154 e. The molecule has 0 saturated carbocycles. The molecule has 61 heavy (non-hydrogen) atoms. The molecular weight excluding hydrogens is 737 g/mol. The molecule has 0 fully saturated rings. The molecule has 5 aromatic carbocycles. The van der Waals surface area contributed by atoms with E-state index in [2.05, 4.69) is 199 Å². The van der Waals surface area contributed by atoms with Gasteiger partial charge in [0, 0.05) is 11.0 Å². The Labute approximate surface area is 367 Å². The van der Waals surface area contributed by atoms with E-state index in [4.69, 9.17) is 4.99 Å². The van der Waals surface area contributed by atoms with E-state index in [0.717, 1.165) is 68.5 Å². The van der Waals surface area contributed by atoms with Gasteiger partial charge in [-0.05, 0) is 120 Å². The Morgan fingerprint density at radius 1 is 0.754 bits per heavy atom. The number of nitrogens with zero attached hydrogens (tertiary/aromatic N) is 2. The summed E-state index contributed by atoms with van der Waals surface area (Å²) >= 11 is 0. The Bertz CT molecular complexity index is 2430. The SMILES string of the molecule is C=C.C=C/C=C(\C=C/C)C(/C)=C/C(=C\C(=C)c1ccccc1)c1ccc(-c2cc(C(N=C)=NCc3ccccc3)cc(C3(C)C=CC(C)=CC3)c2)cc1.CCc1ccccc1. The third kappa shape index (κ3) is 13.8. The largest absolute Gasteiger partial charge is 0.261 e. The van der Waals surface area contributed by atoms with Gasteiger partial charge >= 0.3 is 0 Å². The third-order valence-corrected chi connectivity index (χ3v) is 10.6. The van der Waals surface area contributed by atoms with Crippen LogP contribution >= 0.6 is 0 Å². The molecule has 0 amide bonds. The van der Waals surface area contributed by atoms with Crippen molar-refractivity contribution in [1.29, 1.82) is 0 Å². The minimum absolute atomic E-state index is 0.157. The number of hydrogen-bond acceptors (Lipinski definition) is 1. The van der Waals surface area contributed by atoms with E-state index in [1.54, 1.807) is 0 Å². The monoisotopic (exact) mass is 798 g/mol. The zero-order valence-electron chi connectivity index (χ0n) is 36.9. The first-order chi connectivity index (χ1) is 29.7. The number of aliphatic imine (C=N–C) groups is 2. The van der Waals surface area contributed by atoms with Crippen molar-refractivity contribution in [3.63, 3.8) is 0 Å². The van der Waals surface area contributed by atoms with E-state index < -0.39 is 0 Å². The lowest BCUT2D eigenvalue weighted by molar-refractivity contribution is 0.596. The number of rotatable bonds is 13. The number of aryl methyl sites for hydroxylation is 1. The highest BCUT2D eigenvalue weighted by atomic mass is 14.9. The van der Waals surface area contributed by atoms with E-state index >= 15 is 0 Å². The van der Waals surface area contributed by atoms with Crippen LogP contribution in [0.15, 0.2) is 241 Å². The van der Waals surface area contributed by atoms with Crippen LogP contribution in [0.5, 0.6) is 0 Å². The van der Waals surface area contributed by atoms with Gasteiger partial charge in [0.2, 0.25) is 0 Å². The molecule has 2 nitrogen and oxygen atoms in total. The predicted molar refractivity (Wildman–Crippen MR) is 270 cm³/mol. The number of allylic oxidation sites excluding steroid dienone is 14. The Morgan fingerprint density at radius 3 is 1.92 bits per heavy atom. The molecule has 6 rings (SSSR count). The van der Waals surface area contributed by atoms with Gasteiger partial charge in [-0.25, -0.2) is 4.99 Å². The first-order valence-electron chi connectivity index (χ1n) is 21.0. The van der Waals surface area contributed by atoms with E-state index in [9.17, 15) is 0 Å². The minimum atomic E-state index is -0.157. The van der Waals surface area contributed by atoms with E-state index in [1.165, 1.54) is 16.7 Å². The highest BCUT2D eigenvalue weighted by Gasteiger charge is 2.26. The summed E-state index contributed by atoms with van der Waals surface area (Å²) < 4.78 is 0. The maximum absolute atomic E-state index is 4.92. The van der Waals surface area contributed by atoms with Crippen molar-refractivity contribution in [2.45, 2.75) is 59.4 Å². The van der Waals surface area contributed by atoms with Gasteiger partial charge in [-0.3, -0.25) is 4.99 Å². The third-order valence-electron chi connectivity index (χ3n) is 10.6. The van der Waals surface area contributed by atoms with Crippen molar-refractivity contribution in [2.24, 2.45) is 9.98 Å². The van der Waals surface area contributed by atoms with Gasteiger partial charge in [0.25, 0.3) is 0 Å². The summed E-state index contributed by atoms with van der Waals surface area (Å²) in [4.78, 5) is 9.34. The lowest BCUT2D eigenvalue weighted by Crippen LogP contribution is -2.21. The van der Waals surface area contributed by atoms with Gasteiger partial charge in [0.05, 0.1) is 6.54 Å². The van der Waals surface area contributed by atoms with Crippen molar-refractivity contribution in [3.05, 3.63) is 265 Å². The normalized spacial score (nSPS) is 15.5. The maximum atomic E-state index is 4.92. The van der Waals surface area contributed by atoms with Crippen LogP contribution in [0, 0.1) is 0 Å². The molecule has 0 aromatic heterocycles. The number of benzene rings is 5. The second-order valence-corrected chi connectivity index (χ2v) is 15.1. The van der Waals surface area contributed by atoms with Gasteiger partial charge in [0.1, 0.15) is 0 Å². The summed E-state index contributed by atoms with van der Waals surface area (Å²) in [7, 11) is 0. The van der Waals surface area contributed by atoms with Crippen LogP contribution in [0.4, 0.5) is 0 Å². The van der Waals surface area contributed by atoms with Crippen molar-refractivity contribution < 1.29 is 0 Å².